The molecular weight excluding hydrogens is 359 g/mol. The molecule has 0 aliphatic carbocycles. The summed E-state index contributed by atoms with van der Waals surface area (Å²) in [5.41, 5.74) is 2.00. The smallest absolute Gasteiger partial charge is 0.222 e. The van der Waals surface area contributed by atoms with Crippen LogP contribution in [0.2, 0.25) is 0 Å². The van der Waals surface area contributed by atoms with Crippen molar-refractivity contribution in [3.05, 3.63) is 94.6 Å². The zero-order chi connectivity index (χ0) is 18.6. The maximum atomic E-state index is 13.3. The Labute approximate surface area is 161 Å². The van der Waals surface area contributed by atoms with Crippen LogP contribution in [-0.4, -0.2) is 10.5 Å². The molecule has 2 aromatic carbocycles. The molecule has 0 unspecified atom stereocenters. The van der Waals surface area contributed by atoms with E-state index >= 15 is 0 Å². The number of nitrogens with zero attached hydrogens (tertiary/aromatic N) is 1. The highest BCUT2D eigenvalue weighted by atomic mass is 32.1. The van der Waals surface area contributed by atoms with Gasteiger partial charge in [0, 0.05) is 29.6 Å². The van der Waals surface area contributed by atoms with Gasteiger partial charge in [0.25, 0.3) is 0 Å². The van der Waals surface area contributed by atoms with E-state index in [2.05, 4.69) is 28.1 Å². The lowest BCUT2D eigenvalue weighted by molar-refractivity contribution is -0.121. The second-order valence-corrected chi connectivity index (χ2v) is 7.36. The first-order valence-corrected chi connectivity index (χ1v) is 9.71. The lowest BCUT2D eigenvalue weighted by Crippen LogP contribution is -2.29. The number of carbonyl (C=O) groups is 1. The van der Waals surface area contributed by atoms with Gasteiger partial charge in [0.2, 0.25) is 5.91 Å². The standard InChI is InChI=1S/C22H19FN2OS/c23-18-9-7-17(8-10-18)22(20-6-3-15-27-20)24-21(26)12-14-25-13-11-16-4-1-2-5-19(16)25/h1-11,13,15,22H,12,14H2,(H,24,26)/t22-/m1/s1. The topological polar surface area (TPSA) is 34.0 Å². The Morgan fingerprint density at radius 1 is 1.04 bits per heavy atom. The van der Waals surface area contributed by atoms with Gasteiger partial charge in [0.05, 0.1) is 6.04 Å². The van der Waals surface area contributed by atoms with Crippen LogP contribution in [0.15, 0.2) is 78.3 Å². The van der Waals surface area contributed by atoms with Crippen LogP contribution >= 0.6 is 11.3 Å². The monoisotopic (exact) mass is 378 g/mol. The number of hydrogen-bond donors (Lipinski definition) is 1. The molecule has 5 heteroatoms. The van der Waals surface area contributed by atoms with E-state index in [1.165, 1.54) is 17.5 Å². The summed E-state index contributed by atoms with van der Waals surface area (Å²) in [6.07, 6.45) is 2.39. The normalized spacial score (nSPS) is 12.2. The molecule has 0 bridgehead atoms. The number of nitrogens with one attached hydrogen (secondary N) is 1. The lowest BCUT2D eigenvalue weighted by Gasteiger charge is -2.18. The van der Waals surface area contributed by atoms with Gasteiger partial charge in [0.15, 0.2) is 0 Å². The highest BCUT2D eigenvalue weighted by molar-refractivity contribution is 7.10. The molecule has 0 fully saturated rings. The highest BCUT2D eigenvalue weighted by Gasteiger charge is 2.18. The Morgan fingerprint density at radius 2 is 1.85 bits per heavy atom. The minimum atomic E-state index is -0.283. The van der Waals surface area contributed by atoms with Crippen molar-refractivity contribution in [3.63, 3.8) is 0 Å². The maximum Gasteiger partial charge on any atom is 0.222 e. The van der Waals surface area contributed by atoms with Crippen LogP contribution in [0.5, 0.6) is 0 Å². The van der Waals surface area contributed by atoms with E-state index in [0.29, 0.717) is 13.0 Å². The molecule has 1 amide bonds. The van der Waals surface area contributed by atoms with E-state index in [9.17, 15) is 9.18 Å². The van der Waals surface area contributed by atoms with Crippen molar-refractivity contribution in [2.24, 2.45) is 0 Å². The fourth-order valence-electron chi connectivity index (χ4n) is 3.22. The minimum absolute atomic E-state index is 0.0319. The zero-order valence-corrected chi connectivity index (χ0v) is 15.5. The second-order valence-electron chi connectivity index (χ2n) is 6.39. The molecule has 4 rings (SSSR count). The molecule has 0 radical (unpaired) electrons. The summed E-state index contributed by atoms with van der Waals surface area (Å²) < 4.78 is 15.4. The zero-order valence-electron chi connectivity index (χ0n) is 14.6. The van der Waals surface area contributed by atoms with Crippen LogP contribution in [0.1, 0.15) is 22.9 Å². The van der Waals surface area contributed by atoms with E-state index < -0.39 is 0 Å². The fourth-order valence-corrected chi connectivity index (χ4v) is 4.02. The maximum absolute atomic E-state index is 13.3. The molecule has 0 aliphatic heterocycles. The van der Waals surface area contributed by atoms with Gasteiger partial charge in [-0.1, -0.05) is 36.4 Å². The SMILES string of the molecule is O=C(CCn1ccc2ccccc21)N[C@H](c1ccc(F)cc1)c1cccs1. The number of halogens is 1. The van der Waals surface area contributed by atoms with E-state index in [1.54, 1.807) is 23.5 Å². The number of aromatic nitrogens is 1. The van der Waals surface area contributed by atoms with Gasteiger partial charge >= 0.3 is 0 Å². The van der Waals surface area contributed by atoms with E-state index in [4.69, 9.17) is 0 Å². The Bertz CT molecular complexity index is 1040. The third-order valence-electron chi connectivity index (χ3n) is 4.60. The number of para-hydroxylation sites is 1. The molecule has 2 aromatic heterocycles. The number of fused-ring (bicyclic) bond motifs is 1. The molecular formula is C22H19FN2OS. The Balaban J connectivity index is 1.48. The van der Waals surface area contributed by atoms with Gasteiger partial charge < -0.3 is 9.88 Å². The Hall–Kier alpha value is -2.92. The number of aryl methyl sites for hydroxylation is 1. The van der Waals surface area contributed by atoms with Gasteiger partial charge in [-0.15, -0.1) is 11.3 Å². The summed E-state index contributed by atoms with van der Waals surface area (Å²) >= 11 is 1.58. The first kappa shape index (κ1) is 17.5. The average molecular weight is 378 g/mol. The summed E-state index contributed by atoms with van der Waals surface area (Å²) in [4.78, 5) is 13.7. The van der Waals surface area contributed by atoms with Gasteiger partial charge in [-0.05, 0) is 46.7 Å². The van der Waals surface area contributed by atoms with Crippen molar-refractivity contribution in [1.82, 2.24) is 9.88 Å². The predicted molar refractivity (Wildman–Crippen MR) is 107 cm³/mol. The van der Waals surface area contributed by atoms with Crippen molar-refractivity contribution >= 4 is 28.1 Å². The molecule has 0 saturated carbocycles. The van der Waals surface area contributed by atoms with Crippen molar-refractivity contribution < 1.29 is 9.18 Å². The molecule has 27 heavy (non-hydrogen) atoms. The minimum Gasteiger partial charge on any atom is -0.347 e. The Morgan fingerprint density at radius 3 is 2.63 bits per heavy atom. The van der Waals surface area contributed by atoms with Crippen LogP contribution < -0.4 is 5.32 Å². The number of carbonyl (C=O) groups excluding carboxylic acids is 1. The fraction of sp³-hybridized carbons (Fsp3) is 0.136. The van der Waals surface area contributed by atoms with Crippen molar-refractivity contribution in [1.29, 1.82) is 0 Å². The van der Waals surface area contributed by atoms with Gasteiger partial charge in [-0.2, -0.15) is 0 Å². The molecule has 1 N–H and O–H groups in total. The molecule has 0 saturated heterocycles. The number of hydrogen-bond acceptors (Lipinski definition) is 2. The molecule has 3 nitrogen and oxygen atoms in total. The van der Waals surface area contributed by atoms with Crippen molar-refractivity contribution in [2.45, 2.75) is 19.0 Å². The molecule has 0 spiro atoms. The lowest BCUT2D eigenvalue weighted by atomic mass is 10.1. The quantitative estimate of drug-likeness (QED) is 0.495. The highest BCUT2D eigenvalue weighted by Crippen LogP contribution is 2.26. The van der Waals surface area contributed by atoms with Crippen molar-refractivity contribution in [2.75, 3.05) is 0 Å². The molecule has 1 atom stereocenters. The van der Waals surface area contributed by atoms with Gasteiger partial charge in [-0.25, -0.2) is 4.39 Å². The molecule has 136 valence electrons. The van der Waals surface area contributed by atoms with E-state index in [0.717, 1.165) is 16.0 Å². The summed E-state index contributed by atoms with van der Waals surface area (Å²) in [6.45, 7) is 0.611. The number of amides is 1. The third kappa shape index (κ3) is 3.93. The molecule has 2 heterocycles. The van der Waals surface area contributed by atoms with E-state index in [1.807, 2.05) is 35.8 Å². The predicted octanol–water partition coefficient (Wildman–Crippen LogP) is 5.14. The second kappa shape index (κ2) is 7.76. The summed E-state index contributed by atoms with van der Waals surface area (Å²) in [7, 11) is 0. The van der Waals surface area contributed by atoms with Crippen LogP contribution in [0, 0.1) is 5.82 Å². The largest absolute Gasteiger partial charge is 0.347 e. The van der Waals surface area contributed by atoms with Crippen LogP contribution in [0.4, 0.5) is 4.39 Å². The van der Waals surface area contributed by atoms with Crippen LogP contribution in [-0.2, 0) is 11.3 Å². The molecule has 0 aliphatic rings. The van der Waals surface area contributed by atoms with Crippen LogP contribution in [0.25, 0.3) is 10.9 Å². The number of rotatable bonds is 6. The first-order chi connectivity index (χ1) is 13.2. The summed E-state index contributed by atoms with van der Waals surface area (Å²) in [5, 5.41) is 6.24. The molecule has 4 aromatic rings. The average Bonchev–Trinajstić information content (AvgIpc) is 3.35. The van der Waals surface area contributed by atoms with Crippen molar-refractivity contribution in [3.8, 4) is 0 Å². The summed E-state index contributed by atoms with van der Waals surface area (Å²) in [5.74, 6) is -0.315. The Kier molecular flexibility index (Phi) is 5.03. The van der Waals surface area contributed by atoms with Crippen LogP contribution in [0.3, 0.4) is 0 Å². The van der Waals surface area contributed by atoms with E-state index in [-0.39, 0.29) is 17.8 Å². The van der Waals surface area contributed by atoms with Gasteiger partial charge in [0.1, 0.15) is 5.82 Å². The summed E-state index contributed by atoms with van der Waals surface area (Å²) in [6, 6.07) is 20.1. The van der Waals surface area contributed by atoms with Gasteiger partial charge in [-0.3, -0.25) is 4.79 Å². The third-order valence-corrected chi connectivity index (χ3v) is 5.53. The number of thiophene rings is 1. The first-order valence-electron chi connectivity index (χ1n) is 8.83. The number of benzene rings is 2.